The van der Waals surface area contributed by atoms with E-state index >= 15 is 0 Å². The standard InChI is InChI=1S/C24H26N2O4/c1-14-13-19(30-3)15(2)12-18(14)22(27)20-21(16-8-10-25-11-9-16)26(24(29)23(20)28)17-6-4-5-7-17/h8-13,17,21,27H,4-7H2,1-3H3/b22-20+. The number of carbonyl (C=O) groups excluding carboxylic acids is 2. The van der Waals surface area contributed by atoms with Crippen LogP contribution in [-0.2, 0) is 9.59 Å². The molecule has 2 heterocycles. The molecular weight excluding hydrogens is 380 g/mol. The van der Waals surface area contributed by atoms with Crippen molar-refractivity contribution < 1.29 is 19.4 Å². The van der Waals surface area contributed by atoms with Gasteiger partial charge in [-0.25, -0.2) is 0 Å². The van der Waals surface area contributed by atoms with Crippen molar-refractivity contribution in [2.24, 2.45) is 0 Å². The van der Waals surface area contributed by atoms with E-state index in [1.165, 1.54) is 0 Å². The number of benzene rings is 1. The lowest BCUT2D eigenvalue weighted by atomic mass is 9.93. The minimum absolute atomic E-state index is 0.00335. The molecule has 6 nitrogen and oxygen atoms in total. The largest absolute Gasteiger partial charge is 0.507 e. The minimum Gasteiger partial charge on any atom is -0.507 e. The highest BCUT2D eigenvalue weighted by molar-refractivity contribution is 6.46. The van der Waals surface area contributed by atoms with Gasteiger partial charge in [-0.3, -0.25) is 14.6 Å². The number of hydrogen-bond donors (Lipinski definition) is 1. The Morgan fingerprint density at radius 1 is 1.10 bits per heavy atom. The van der Waals surface area contributed by atoms with Crippen molar-refractivity contribution in [3.8, 4) is 5.75 Å². The molecule has 1 aliphatic heterocycles. The lowest BCUT2D eigenvalue weighted by Gasteiger charge is -2.30. The first-order valence-electron chi connectivity index (χ1n) is 10.3. The molecule has 1 aliphatic carbocycles. The van der Waals surface area contributed by atoms with Gasteiger partial charge in [0.05, 0.1) is 18.7 Å². The van der Waals surface area contributed by atoms with Crippen LogP contribution in [0.1, 0.15) is 54.0 Å². The van der Waals surface area contributed by atoms with Crippen molar-refractivity contribution in [3.63, 3.8) is 0 Å². The quantitative estimate of drug-likeness (QED) is 0.470. The molecule has 0 bridgehead atoms. The third kappa shape index (κ3) is 3.26. The van der Waals surface area contributed by atoms with E-state index in [4.69, 9.17) is 4.74 Å². The summed E-state index contributed by atoms with van der Waals surface area (Å²) in [6.45, 7) is 3.73. The Kier molecular flexibility index (Phi) is 5.33. The van der Waals surface area contributed by atoms with Crippen molar-refractivity contribution in [1.29, 1.82) is 0 Å². The van der Waals surface area contributed by atoms with Crippen LogP contribution in [0.15, 0.2) is 42.2 Å². The van der Waals surface area contributed by atoms with Gasteiger partial charge in [0.25, 0.3) is 11.7 Å². The number of likely N-dealkylation sites (tertiary alicyclic amines) is 1. The van der Waals surface area contributed by atoms with Crippen LogP contribution in [0.4, 0.5) is 0 Å². The molecule has 1 N–H and O–H groups in total. The topological polar surface area (TPSA) is 79.7 Å². The average molecular weight is 406 g/mol. The molecule has 156 valence electrons. The lowest BCUT2D eigenvalue weighted by Crippen LogP contribution is -2.37. The molecule has 2 aliphatic rings. The van der Waals surface area contributed by atoms with Crippen LogP contribution in [0.5, 0.6) is 5.75 Å². The maximum Gasteiger partial charge on any atom is 0.295 e. The summed E-state index contributed by atoms with van der Waals surface area (Å²) < 4.78 is 5.37. The Morgan fingerprint density at radius 2 is 1.77 bits per heavy atom. The van der Waals surface area contributed by atoms with Gasteiger partial charge in [-0.05, 0) is 67.6 Å². The normalized spacial score (nSPS) is 21.4. The van der Waals surface area contributed by atoms with Gasteiger partial charge in [-0.15, -0.1) is 0 Å². The number of aliphatic hydroxyl groups is 1. The second-order valence-electron chi connectivity index (χ2n) is 8.06. The van der Waals surface area contributed by atoms with Crippen molar-refractivity contribution in [2.45, 2.75) is 51.6 Å². The van der Waals surface area contributed by atoms with Crippen molar-refractivity contribution in [3.05, 3.63) is 64.5 Å². The number of rotatable bonds is 4. The molecule has 0 spiro atoms. The molecule has 2 fully saturated rings. The van der Waals surface area contributed by atoms with Gasteiger partial charge in [-0.2, -0.15) is 0 Å². The third-order valence-electron chi connectivity index (χ3n) is 6.22. The van der Waals surface area contributed by atoms with Crippen molar-refractivity contribution >= 4 is 17.4 Å². The number of aryl methyl sites for hydroxylation is 2. The number of carbonyl (C=O) groups is 2. The molecule has 0 radical (unpaired) electrons. The lowest BCUT2D eigenvalue weighted by molar-refractivity contribution is -0.141. The minimum atomic E-state index is -0.630. The Bertz CT molecular complexity index is 1020. The Morgan fingerprint density at radius 3 is 2.40 bits per heavy atom. The molecule has 1 saturated heterocycles. The molecular formula is C24H26N2O4. The van der Waals surface area contributed by atoms with Crippen molar-refractivity contribution in [2.75, 3.05) is 7.11 Å². The predicted octanol–water partition coefficient (Wildman–Crippen LogP) is 4.07. The van der Waals surface area contributed by atoms with Crippen LogP contribution in [0, 0.1) is 13.8 Å². The van der Waals surface area contributed by atoms with Gasteiger partial charge in [0, 0.05) is 24.0 Å². The number of Topliss-reactive ketones (excluding diaryl/α,β-unsaturated/α-hetero) is 1. The highest BCUT2D eigenvalue weighted by Crippen LogP contribution is 2.43. The van der Waals surface area contributed by atoms with Gasteiger partial charge >= 0.3 is 0 Å². The molecule has 6 heteroatoms. The summed E-state index contributed by atoms with van der Waals surface area (Å²) in [6.07, 6.45) is 7.10. The average Bonchev–Trinajstić information content (AvgIpc) is 3.36. The summed E-state index contributed by atoms with van der Waals surface area (Å²) in [5.41, 5.74) is 3.08. The van der Waals surface area contributed by atoms with Crippen LogP contribution in [0.25, 0.3) is 5.76 Å². The zero-order valence-electron chi connectivity index (χ0n) is 17.5. The number of ketones is 1. The van der Waals surface area contributed by atoms with E-state index in [9.17, 15) is 14.7 Å². The van der Waals surface area contributed by atoms with E-state index in [1.54, 1.807) is 42.6 Å². The molecule has 4 rings (SSSR count). The molecule has 1 atom stereocenters. The van der Waals surface area contributed by atoms with E-state index in [0.29, 0.717) is 11.3 Å². The van der Waals surface area contributed by atoms with E-state index in [1.807, 2.05) is 19.9 Å². The summed E-state index contributed by atoms with van der Waals surface area (Å²) in [5, 5.41) is 11.3. The predicted molar refractivity (Wildman–Crippen MR) is 113 cm³/mol. The fraction of sp³-hybridized carbons (Fsp3) is 0.375. The Balaban J connectivity index is 1.91. The van der Waals surface area contributed by atoms with Gasteiger partial charge in [0.15, 0.2) is 0 Å². The number of hydrogen-bond acceptors (Lipinski definition) is 5. The second kappa shape index (κ2) is 7.94. The van der Waals surface area contributed by atoms with Gasteiger partial charge in [0.2, 0.25) is 0 Å². The summed E-state index contributed by atoms with van der Waals surface area (Å²) in [6, 6.07) is 6.63. The molecule has 2 aromatic rings. The number of aliphatic hydroxyl groups excluding tert-OH is 1. The van der Waals surface area contributed by atoms with Gasteiger partial charge in [-0.1, -0.05) is 12.8 Å². The monoisotopic (exact) mass is 406 g/mol. The van der Waals surface area contributed by atoms with Crippen LogP contribution in [0.3, 0.4) is 0 Å². The van der Waals surface area contributed by atoms with Crippen molar-refractivity contribution in [1.82, 2.24) is 9.88 Å². The Labute approximate surface area is 176 Å². The third-order valence-corrected chi connectivity index (χ3v) is 6.22. The number of amides is 1. The van der Waals surface area contributed by atoms with Crippen LogP contribution >= 0.6 is 0 Å². The maximum atomic E-state index is 13.1. The van der Waals surface area contributed by atoms with Crippen LogP contribution < -0.4 is 4.74 Å². The molecule has 1 unspecified atom stereocenters. The first-order valence-corrected chi connectivity index (χ1v) is 10.3. The van der Waals surface area contributed by atoms with Gasteiger partial charge < -0.3 is 14.7 Å². The smallest absolute Gasteiger partial charge is 0.295 e. The maximum absolute atomic E-state index is 13.1. The molecule has 1 saturated carbocycles. The summed E-state index contributed by atoms with van der Waals surface area (Å²) in [5.74, 6) is -0.595. The fourth-order valence-electron chi connectivity index (χ4n) is 4.69. The van der Waals surface area contributed by atoms with Gasteiger partial charge in [0.1, 0.15) is 11.5 Å². The zero-order chi connectivity index (χ0) is 21.4. The van der Waals surface area contributed by atoms with E-state index in [2.05, 4.69) is 4.98 Å². The first kappa shape index (κ1) is 20.1. The highest BCUT2D eigenvalue weighted by Gasteiger charge is 2.49. The number of methoxy groups -OCH3 is 1. The fourth-order valence-corrected chi connectivity index (χ4v) is 4.69. The Hall–Kier alpha value is -3.15. The first-order chi connectivity index (χ1) is 14.4. The molecule has 30 heavy (non-hydrogen) atoms. The molecule has 1 aromatic carbocycles. The summed E-state index contributed by atoms with van der Waals surface area (Å²) in [4.78, 5) is 32.0. The van der Waals surface area contributed by atoms with Crippen LogP contribution in [-0.4, -0.2) is 39.8 Å². The van der Waals surface area contributed by atoms with Crippen LogP contribution in [0.2, 0.25) is 0 Å². The summed E-state index contributed by atoms with van der Waals surface area (Å²) >= 11 is 0. The van der Waals surface area contributed by atoms with E-state index < -0.39 is 17.7 Å². The number of aromatic nitrogens is 1. The number of nitrogens with zero attached hydrogens (tertiary/aromatic N) is 2. The van der Waals surface area contributed by atoms with E-state index in [0.717, 1.165) is 42.4 Å². The highest BCUT2D eigenvalue weighted by atomic mass is 16.5. The SMILES string of the molecule is COc1cc(C)c(/C(O)=C2\C(=O)C(=O)N(C3CCCC3)C2c2ccncc2)cc1C. The second-order valence-corrected chi connectivity index (χ2v) is 8.06. The number of ether oxygens (including phenoxy) is 1. The number of pyridine rings is 1. The summed E-state index contributed by atoms with van der Waals surface area (Å²) in [7, 11) is 1.60. The zero-order valence-corrected chi connectivity index (χ0v) is 17.5. The molecule has 1 amide bonds. The molecule has 1 aromatic heterocycles. The van der Waals surface area contributed by atoms with E-state index in [-0.39, 0.29) is 17.4 Å².